The summed E-state index contributed by atoms with van der Waals surface area (Å²) in [5, 5.41) is 7.50. The van der Waals surface area contributed by atoms with E-state index in [0.717, 1.165) is 22.1 Å². The molecule has 0 aliphatic rings. The molecule has 0 spiro atoms. The molecule has 0 saturated heterocycles. The van der Waals surface area contributed by atoms with Crippen LogP contribution in [0.15, 0.2) is 103 Å². The van der Waals surface area contributed by atoms with Crippen LogP contribution in [-0.4, -0.2) is 15.0 Å². The van der Waals surface area contributed by atoms with Crippen molar-refractivity contribution in [1.82, 2.24) is 15.0 Å². The third kappa shape index (κ3) is 4.02. The number of hydrogen-bond acceptors (Lipinski definition) is 3. The van der Waals surface area contributed by atoms with E-state index in [-0.39, 0.29) is 5.41 Å². The standard InChI is InChI=1S/C36H29N3/c1-22-10-12-25(13-11-22)34-37-33(24-8-6-5-7-9-24)38-35(39-34)30-19-16-23-14-15-26-20-28(36(2,3)4)21-27-17-18-29(30)32(23)31(26)27/h5-21H,1-4H3. The van der Waals surface area contributed by atoms with Crippen molar-refractivity contribution in [2.45, 2.75) is 33.1 Å². The molecule has 0 aliphatic carbocycles. The lowest BCUT2D eigenvalue weighted by atomic mass is 9.83. The van der Waals surface area contributed by atoms with Crippen LogP contribution in [0, 0.1) is 6.92 Å². The van der Waals surface area contributed by atoms with Crippen molar-refractivity contribution < 1.29 is 0 Å². The summed E-state index contributed by atoms with van der Waals surface area (Å²) in [5.41, 5.74) is 5.61. The largest absolute Gasteiger partial charge is 0.208 e. The fourth-order valence-corrected chi connectivity index (χ4v) is 5.49. The molecule has 1 heterocycles. The van der Waals surface area contributed by atoms with E-state index in [1.807, 2.05) is 18.2 Å². The normalized spacial score (nSPS) is 12.1. The Morgan fingerprint density at radius 3 is 1.74 bits per heavy atom. The number of benzene rings is 6. The van der Waals surface area contributed by atoms with Crippen molar-refractivity contribution in [3.63, 3.8) is 0 Å². The predicted molar refractivity (Wildman–Crippen MR) is 163 cm³/mol. The topological polar surface area (TPSA) is 38.7 Å². The van der Waals surface area contributed by atoms with Crippen LogP contribution in [0.2, 0.25) is 0 Å². The van der Waals surface area contributed by atoms with Gasteiger partial charge in [0.05, 0.1) is 0 Å². The van der Waals surface area contributed by atoms with E-state index >= 15 is 0 Å². The van der Waals surface area contributed by atoms with Crippen molar-refractivity contribution in [3.8, 4) is 34.2 Å². The number of nitrogens with zero attached hydrogens (tertiary/aromatic N) is 3. The zero-order valence-corrected chi connectivity index (χ0v) is 22.7. The highest BCUT2D eigenvalue weighted by molar-refractivity contribution is 6.25. The Balaban J connectivity index is 1.50. The van der Waals surface area contributed by atoms with Crippen molar-refractivity contribution in [3.05, 3.63) is 114 Å². The molecule has 6 aromatic carbocycles. The highest BCUT2D eigenvalue weighted by Crippen LogP contribution is 2.41. The minimum Gasteiger partial charge on any atom is -0.208 e. The summed E-state index contributed by atoms with van der Waals surface area (Å²) in [5.74, 6) is 2.05. The van der Waals surface area contributed by atoms with Gasteiger partial charge in [0.2, 0.25) is 0 Å². The smallest absolute Gasteiger partial charge is 0.164 e. The molecule has 0 aliphatic heterocycles. The van der Waals surface area contributed by atoms with E-state index in [2.05, 4.69) is 113 Å². The molecule has 188 valence electrons. The number of hydrogen-bond donors (Lipinski definition) is 0. The van der Waals surface area contributed by atoms with Gasteiger partial charge in [0, 0.05) is 16.7 Å². The Hall–Kier alpha value is -4.63. The fourth-order valence-electron chi connectivity index (χ4n) is 5.49. The molecular weight excluding hydrogens is 474 g/mol. The van der Waals surface area contributed by atoms with Crippen LogP contribution in [0.1, 0.15) is 31.9 Å². The lowest BCUT2D eigenvalue weighted by molar-refractivity contribution is 0.591. The fraction of sp³-hybridized carbons (Fsp3) is 0.139. The number of rotatable bonds is 3. The monoisotopic (exact) mass is 503 g/mol. The number of aromatic nitrogens is 3. The average Bonchev–Trinajstić information content (AvgIpc) is 2.95. The molecule has 0 atom stereocenters. The van der Waals surface area contributed by atoms with Crippen molar-refractivity contribution in [1.29, 1.82) is 0 Å². The average molecular weight is 504 g/mol. The van der Waals surface area contributed by atoms with Crippen LogP contribution in [0.4, 0.5) is 0 Å². The Kier molecular flexibility index (Phi) is 5.24. The van der Waals surface area contributed by atoms with Gasteiger partial charge in [-0.3, -0.25) is 0 Å². The molecule has 0 amide bonds. The Labute approximate surface area is 228 Å². The first kappa shape index (κ1) is 23.5. The van der Waals surface area contributed by atoms with Crippen LogP contribution in [0.25, 0.3) is 66.5 Å². The van der Waals surface area contributed by atoms with Gasteiger partial charge in [-0.25, -0.2) is 15.0 Å². The van der Waals surface area contributed by atoms with Gasteiger partial charge in [0.15, 0.2) is 17.5 Å². The van der Waals surface area contributed by atoms with Crippen LogP contribution >= 0.6 is 0 Å². The SMILES string of the molecule is Cc1ccc(-c2nc(-c3ccccc3)nc(-c3ccc4ccc5cc(C(C)(C)C)cc6ccc3c4c56)n2)cc1. The summed E-state index contributed by atoms with van der Waals surface area (Å²) < 4.78 is 0. The highest BCUT2D eigenvalue weighted by atomic mass is 15.0. The third-order valence-electron chi connectivity index (χ3n) is 7.68. The van der Waals surface area contributed by atoms with E-state index < -0.39 is 0 Å². The van der Waals surface area contributed by atoms with E-state index in [1.165, 1.54) is 38.1 Å². The maximum Gasteiger partial charge on any atom is 0.164 e. The molecular formula is C36H29N3. The predicted octanol–water partition coefficient (Wildman–Crippen LogP) is 9.38. The first-order chi connectivity index (χ1) is 18.8. The third-order valence-corrected chi connectivity index (χ3v) is 7.68. The second-order valence-corrected chi connectivity index (χ2v) is 11.5. The summed E-state index contributed by atoms with van der Waals surface area (Å²) in [6, 6.07) is 36.6. The number of aryl methyl sites for hydroxylation is 1. The van der Waals surface area contributed by atoms with Crippen LogP contribution in [0.5, 0.6) is 0 Å². The Bertz CT molecular complexity index is 1960. The van der Waals surface area contributed by atoms with Gasteiger partial charge < -0.3 is 0 Å². The zero-order valence-electron chi connectivity index (χ0n) is 22.7. The van der Waals surface area contributed by atoms with Crippen LogP contribution in [0.3, 0.4) is 0 Å². The van der Waals surface area contributed by atoms with Crippen LogP contribution < -0.4 is 0 Å². The van der Waals surface area contributed by atoms with Gasteiger partial charge in [-0.1, -0.05) is 123 Å². The van der Waals surface area contributed by atoms with Crippen molar-refractivity contribution >= 4 is 32.3 Å². The van der Waals surface area contributed by atoms with E-state index in [0.29, 0.717) is 17.5 Å². The van der Waals surface area contributed by atoms with E-state index in [1.54, 1.807) is 0 Å². The van der Waals surface area contributed by atoms with Gasteiger partial charge in [-0.2, -0.15) is 0 Å². The summed E-state index contributed by atoms with van der Waals surface area (Å²) in [6.45, 7) is 8.91. The molecule has 0 unspecified atom stereocenters. The summed E-state index contributed by atoms with van der Waals surface area (Å²) >= 11 is 0. The Morgan fingerprint density at radius 1 is 0.513 bits per heavy atom. The zero-order chi connectivity index (χ0) is 26.7. The molecule has 7 rings (SSSR count). The first-order valence-corrected chi connectivity index (χ1v) is 13.5. The highest BCUT2D eigenvalue weighted by Gasteiger charge is 2.19. The summed E-state index contributed by atoms with van der Waals surface area (Å²) in [6.07, 6.45) is 0. The molecule has 3 nitrogen and oxygen atoms in total. The van der Waals surface area contributed by atoms with E-state index in [4.69, 9.17) is 15.0 Å². The van der Waals surface area contributed by atoms with Gasteiger partial charge >= 0.3 is 0 Å². The molecule has 0 N–H and O–H groups in total. The molecule has 0 saturated carbocycles. The van der Waals surface area contributed by atoms with Crippen molar-refractivity contribution in [2.24, 2.45) is 0 Å². The Morgan fingerprint density at radius 2 is 1.08 bits per heavy atom. The minimum absolute atomic E-state index is 0.0840. The maximum atomic E-state index is 5.04. The first-order valence-electron chi connectivity index (χ1n) is 13.5. The maximum absolute atomic E-state index is 5.04. The van der Waals surface area contributed by atoms with E-state index in [9.17, 15) is 0 Å². The van der Waals surface area contributed by atoms with Gasteiger partial charge in [-0.05, 0) is 56.3 Å². The quantitative estimate of drug-likeness (QED) is 0.225. The molecule has 1 aromatic heterocycles. The molecule has 0 fully saturated rings. The lowest BCUT2D eigenvalue weighted by Crippen LogP contribution is -2.10. The molecule has 0 radical (unpaired) electrons. The second-order valence-electron chi connectivity index (χ2n) is 11.5. The van der Waals surface area contributed by atoms with Gasteiger partial charge in [0.1, 0.15) is 0 Å². The molecule has 0 bridgehead atoms. The van der Waals surface area contributed by atoms with Crippen LogP contribution in [-0.2, 0) is 5.41 Å². The summed E-state index contributed by atoms with van der Waals surface area (Å²) in [4.78, 5) is 15.0. The lowest BCUT2D eigenvalue weighted by Gasteiger charge is -2.22. The summed E-state index contributed by atoms with van der Waals surface area (Å²) in [7, 11) is 0. The second kappa shape index (κ2) is 8.71. The molecule has 7 aromatic rings. The molecule has 3 heteroatoms. The van der Waals surface area contributed by atoms with Gasteiger partial charge in [0.25, 0.3) is 0 Å². The molecule has 39 heavy (non-hydrogen) atoms. The van der Waals surface area contributed by atoms with Crippen molar-refractivity contribution in [2.75, 3.05) is 0 Å². The minimum atomic E-state index is 0.0840. The van der Waals surface area contributed by atoms with Gasteiger partial charge in [-0.15, -0.1) is 0 Å².